The van der Waals surface area contributed by atoms with Gasteiger partial charge in [-0.1, -0.05) is 12.1 Å². The first kappa shape index (κ1) is 20.1. The lowest BCUT2D eigenvalue weighted by Crippen LogP contribution is -2.43. The van der Waals surface area contributed by atoms with Crippen LogP contribution in [0, 0.1) is 5.92 Å². The highest BCUT2D eigenvalue weighted by Crippen LogP contribution is 2.29. The van der Waals surface area contributed by atoms with Crippen LogP contribution >= 0.6 is 0 Å². The summed E-state index contributed by atoms with van der Waals surface area (Å²) in [5.74, 6) is -0.409. The van der Waals surface area contributed by atoms with Crippen LogP contribution in [0.4, 0.5) is 18.9 Å². The molecule has 6 nitrogen and oxygen atoms in total. The molecule has 1 aliphatic rings. The maximum atomic E-state index is 12.9. The fourth-order valence-corrected chi connectivity index (χ4v) is 3.64. The van der Waals surface area contributed by atoms with Crippen molar-refractivity contribution in [3.05, 3.63) is 60.0 Å². The summed E-state index contributed by atoms with van der Waals surface area (Å²) in [6.45, 7) is 1.37. The van der Waals surface area contributed by atoms with E-state index in [1.54, 1.807) is 24.7 Å². The third-order valence-corrected chi connectivity index (χ3v) is 5.19. The molecule has 1 atom stereocenters. The first-order chi connectivity index (χ1) is 14.4. The molecule has 0 spiro atoms. The minimum absolute atomic E-state index is 0.0619. The number of fused-ring (bicyclic) bond motifs is 1. The van der Waals surface area contributed by atoms with Crippen molar-refractivity contribution in [2.24, 2.45) is 5.92 Å². The summed E-state index contributed by atoms with van der Waals surface area (Å²) in [4.78, 5) is 27.5. The maximum Gasteiger partial charge on any atom is 0.416 e. The van der Waals surface area contributed by atoms with E-state index in [1.807, 2.05) is 6.07 Å². The van der Waals surface area contributed by atoms with Crippen LogP contribution in [0.2, 0.25) is 0 Å². The van der Waals surface area contributed by atoms with Crippen LogP contribution in [0.3, 0.4) is 0 Å². The van der Waals surface area contributed by atoms with Crippen LogP contribution in [0.1, 0.15) is 24.0 Å². The van der Waals surface area contributed by atoms with Gasteiger partial charge in [-0.05, 0) is 36.6 Å². The van der Waals surface area contributed by atoms with Gasteiger partial charge in [-0.2, -0.15) is 13.2 Å². The van der Waals surface area contributed by atoms with Gasteiger partial charge in [0, 0.05) is 32.0 Å². The molecular weight excluding hydrogens is 395 g/mol. The Morgan fingerprint density at radius 3 is 2.83 bits per heavy atom. The number of alkyl halides is 3. The molecule has 2 aromatic heterocycles. The number of carbonyl (C=O) groups is 1. The zero-order valence-corrected chi connectivity index (χ0v) is 16.1. The average molecular weight is 415 g/mol. The Morgan fingerprint density at radius 2 is 2.00 bits per heavy atom. The van der Waals surface area contributed by atoms with Gasteiger partial charge in [0.05, 0.1) is 23.4 Å². The molecule has 0 saturated carbocycles. The number of anilines is 1. The Labute approximate surface area is 171 Å². The molecule has 3 aromatic rings. The highest BCUT2D eigenvalue weighted by molar-refractivity contribution is 5.80. The first-order valence-electron chi connectivity index (χ1n) is 9.66. The van der Waals surface area contributed by atoms with Crippen LogP contribution in [-0.2, 0) is 17.5 Å². The molecular formula is C21H20F3N5O. The van der Waals surface area contributed by atoms with Crippen LogP contribution < -0.4 is 10.2 Å². The van der Waals surface area contributed by atoms with Gasteiger partial charge in [0.25, 0.3) is 0 Å². The molecule has 1 N–H and O–H groups in total. The van der Waals surface area contributed by atoms with E-state index in [1.165, 1.54) is 6.07 Å². The van der Waals surface area contributed by atoms with Crippen LogP contribution in [0.5, 0.6) is 0 Å². The molecule has 0 aliphatic carbocycles. The predicted octanol–water partition coefficient (Wildman–Crippen LogP) is 3.58. The molecule has 1 aliphatic heterocycles. The van der Waals surface area contributed by atoms with E-state index in [0.29, 0.717) is 23.3 Å². The average Bonchev–Trinajstić information content (AvgIpc) is 2.77. The molecule has 3 heterocycles. The summed E-state index contributed by atoms with van der Waals surface area (Å²) in [6, 6.07) is 6.91. The third-order valence-electron chi connectivity index (χ3n) is 5.19. The molecule has 9 heteroatoms. The Hall–Kier alpha value is -3.23. The van der Waals surface area contributed by atoms with Crippen molar-refractivity contribution in [2.75, 3.05) is 18.0 Å². The largest absolute Gasteiger partial charge is 0.416 e. The van der Waals surface area contributed by atoms with Gasteiger partial charge in [0.15, 0.2) is 5.65 Å². The van der Waals surface area contributed by atoms with Gasteiger partial charge in [0.2, 0.25) is 5.91 Å². The van der Waals surface area contributed by atoms with Crippen molar-refractivity contribution in [3.8, 4) is 0 Å². The number of halogens is 3. The molecule has 156 valence electrons. The van der Waals surface area contributed by atoms with Gasteiger partial charge in [0.1, 0.15) is 5.52 Å². The normalized spacial score (nSPS) is 17.2. The predicted molar refractivity (Wildman–Crippen MR) is 106 cm³/mol. The lowest BCUT2D eigenvalue weighted by Gasteiger charge is -2.33. The van der Waals surface area contributed by atoms with Gasteiger partial charge < -0.3 is 10.2 Å². The van der Waals surface area contributed by atoms with Crippen molar-refractivity contribution < 1.29 is 18.0 Å². The summed E-state index contributed by atoms with van der Waals surface area (Å²) in [6.07, 6.45) is 2.07. The number of nitrogens with one attached hydrogen (secondary N) is 1. The second kappa shape index (κ2) is 8.25. The fourth-order valence-electron chi connectivity index (χ4n) is 3.64. The Morgan fingerprint density at radius 1 is 1.17 bits per heavy atom. The highest BCUT2D eigenvalue weighted by atomic mass is 19.4. The summed E-state index contributed by atoms with van der Waals surface area (Å²) in [5.41, 5.74) is 1.83. The number of amides is 1. The van der Waals surface area contributed by atoms with Crippen molar-refractivity contribution in [1.29, 1.82) is 0 Å². The lowest BCUT2D eigenvalue weighted by molar-refractivity contribution is -0.137. The van der Waals surface area contributed by atoms with Gasteiger partial charge in [-0.15, -0.1) is 0 Å². The summed E-state index contributed by atoms with van der Waals surface area (Å²) >= 11 is 0. The van der Waals surface area contributed by atoms with Crippen LogP contribution in [-0.4, -0.2) is 33.9 Å². The number of piperidine rings is 1. The van der Waals surface area contributed by atoms with Gasteiger partial charge in [-0.25, -0.2) is 9.97 Å². The van der Waals surface area contributed by atoms with Crippen molar-refractivity contribution in [3.63, 3.8) is 0 Å². The van der Waals surface area contributed by atoms with Gasteiger partial charge in [-0.3, -0.25) is 9.78 Å². The van der Waals surface area contributed by atoms with Crippen molar-refractivity contribution >= 4 is 22.8 Å². The molecule has 1 fully saturated rings. The SMILES string of the molecule is O=C(NCc1cccc(C(F)(F)F)c1)[C@@H]1CCCN(c2cnc3nccnc3c2)C1. The van der Waals surface area contributed by atoms with E-state index in [9.17, 15) is 18.0 Å². The van der Waals surface area contributed by atoms with Crippen LogP contribution in [0.15, 0.2) is 48.9 Å². The monoisotopic (exact) mass is 415 g/mol. The molecule has 1 amide bonds. The van der Waals surface area contributed by atoms with E-state index in [-0.39, 0.29) is 18.4 Å². The zero-order valence-electron chi connectivity index (χ0n) is 16.1. The second-order valence-electron chi connectivity index (χ2n) is 7.29. The zero-order chi connectivity index (χ0) is 21.1. The smallest absolute Gasteiger partial charge is 0.369 e. The molecule has 1 saturated heterocycles. The number of hydrogen-bond acceptors (Lipinski definition) is 5. The highest BCUT2D eigenvalue weighted by Gasteiger charge is 2.30. The fraction of sp³-hybridized carbons (Fsp3) is 0.333. The number of pyridine rings is 1. The number of nitrogens with zero attached hydrogens (tertiary/aromatic N) is 4. The molecule has 30 heavy (non-hydrogen) atoms. The number of carbonyl (C=O) groups excluding carboxylic acids is 1. The maximum absolute atomic E-state index is 12.9. The summed E-state index contributed by atoms with van der Waals surface area (Å²) in [7, 11) is 0. The number of aromatic nitrogens is 3. The first-order valence-corrected chi connectivity index (χ1v) is 9.66. The van der Waals surface area contributed by atoms with Crippen molar-refractivity contribution in [2.45, 2.75) is 25.6 Å². The number of benzene rings is 1. The molecule has 0 unspecified atom stereocenters. The molecule has 0 radical (unpaired) electrons. The third kappa shape index (κ3) is 4.50. The summed E-state index contributed by atoms with van der Waals surface area (Å²) in [5, 5.41) is 2.78. The van der Waals surface area contributed by atoms with E-state index in [4.69, 9.17) is 0 Å². The minimum Gasteiger partial charge on any atom is -0.369 e. The summed E-state index contributed by atoms with van der Waals surface area (Å²) < 4.78 is 38.6. The quantitative estimate of drug-likeness (QED) is 0.705. The number of rotatable bonds is 4. The lowest BCUT2D eigenvalue weighted by atomic mass is 9.96. The van der Waals surface area contributed by atoms with E-state index in [0.717, 1.165) is 37.2 Å². The standard InChI is InChI=1S/C21H20F3N5O/c22-21(23,24)16-5-1-3-14(9-16)11-28-20(30)15-4-2-8-29(13-15)17-10-18-19(27-12-17)26-7-6-25-18/h1,3,5-7,9-10,12,15H,2,4,8,11,13H2,(H,28,30)/t15-/m1/s1. The second-order valence-corrected chi connectivity index (χ2v) is 7.29. The van der Waals surface area contributed by atoms with E-state index < -0.39 is 11.7 Å². The molecule has 1 aromatic carbocycles. The Bertz CT molecular complexity index is 1060. The van der Waals surface area contributed by atoms with Crippen LogP contribution in [0.25, 0.3) is 11.2 Å². The Kier molecular flexibility index (Phi) is 5.52. The number of hydrogen-bond donors (Lipinski definition) is 1. The topological polar surface area (TPSA) is 71.0 Å². The molecule has 0 bridgehead atoms. The Balaban J connectivity index is 1.40. The minimum atomic E-state index is -4.40. The van der Waals surface area contributed by atoms with E-state index in [2.05, 4.69) is 25.2 Å². The van der Waals surface area contributed by atoms with Crippen molar-refractivity contribution in [1.82, 2.24) is 20.3 Å². The van der Waals surface area contributed by atoms with Gasteiger partial charge >= 0.3 is 6.18 Å². The molecule has 4 rings (SSSR count). The van der Waals surface area contributed by atoms with E-state index >= 15 is 0 Å².